The Hall–Kier alpha value is -1.52. The van der Waals surface area contributed by atoms with Gasteiger partial charge in [0, 0.05) is 19.3 Å². The lowest BCUT2D eigenvalue weighted by molar-refractivity contribution is -0.149. The molecule has 0 unspecified atom stereocenters. The van der Waals surface area contributed by atoms with Gasteiger partial charge in [0.25, 0.3) is 0 Å². The van der Waals surface area contributed by atoms with Gasteiger partial charge in [0.15, 0.2) is 5.78 Å². The number of ketones is 1. The van der Waals surface area contributed by atoms with Crippen molar-refractivity contribution in [2.75, 3.05) is 6.54 Å². The minimum atomic E-state index is -0.174. The number of hydrogen-bond donors (Lipinski definition) is 0. The average Bonchev–Trinajstić information content (AvgIpc) is 2.99. The maximum Gasteiger partial charge on any atom is 0.302 e. The number of ether oxygens (including phenoxy) is 1. The van der Waals surface area contributed by atoms with Gasteiger partial charge in [-0.15, -0.1) is 0 Å². The number of carbonyl (C=O) groups excluding carboxylic acids is 2. The smallest absolute Gasteiger partial charge is 0.302 e. The van der Waals surface area contributed by atoms with Crippen molar-refractivity contribution in [2.24, 2.45) is 39.6 Å². The zero-order valence-corrected chi connectivity index (χ0v) is 17.4. The molecule has 0 spiro atoms. The van der Waals surface area contributed by atoms with Crippen LogP contribution < -0.4 is 0 Å². The first-order valence-corrected chi connectivity index (χ1v) is 11.0. The standard InChI is InChI=1S/C23H33N2O3/c1-14(26)28-16-8-10-22(2)15(12-16)4-5-17-18-6-7-20(21(27)13-25-24)23(18,3)11-9-19(17)22/h4,16-20H,5-13H2,1-3H3/q-1/t16-,17+,18-,19+,20+,22-,23-/m0/s1. The van der Waals surface area contributed by atoms with Crippen LogP contribution in [-0.2, 0) is 14.3 Å². The lowest BCUT2D eigenvalue weighted by Crippen LogP contribution is -2.51. The maximum atomic E-state index is 12.6. The van der Waals surface area contributed by atoms with Crippen molar-refractivity contribution in [2.45, 2.75) is 78.2 Å². The van der Waals surface area contributed by atoms with Crippen LogP contribution in [0.1, 0.15) is 72.1 Å². The molecule has 4 aliphatic rings. The summed E-state index contributed by atoms with van der Waals surface area (Å²) in [4.78, 5) is 24.0. The molecule has 28 heavy (non-hydrogen) atoms. The fourth-order valence-corrected chi connectivity index (χ4v) is 7.67. The summed E-state index contributed by atoms with van der Waals surface area (Å²) in [6.45, 7) is 6.20. The van der Waals surface area contributed by atoms with Gasteiger partial charge in [-0.3, -0.25) is 9.59 Å². The summed E-state index contributed by atoms with van der Waals surface area (Å²) in [6.07, 6.45) is 10.8. The molecule has 5 heteroatoms. The fraction of sp³-hybridized carbons (Fsp3) is 0.826. The molecule has 0 radical (unpaired) electrons. The van der Waals surface area contributed by atoms with Crippen LogP contribution in [0.5, 0.6) is 0 Å². The molecule has 0 bridgehead atoms. The highest BCUT2D eigenvalue weighted by Gasteiger charge is 2.59. The van der Waals surface area contributed by atoms with Gasteiger partial charge in [-0.25, -0.2) is 0 Å². The Labute approximate surface area is 168 Å². The number of rotatable bonds is 4. The second kappa shape index (κ2) is 7.07. The molecule has 5 nitrogen and oxygen atoms in total. The predicted octanol–water partition coefficient (Wildman–Crippen LogP) is 5.09. The second-order valence-electron chi connectivity index (χ2n) is 10.2. The van der Waals surface area contributed by atoms with Crippen LogP contribution in [-0.4, -0.2) is 24.4 Å². The molecular weight excluding hydrogens is 352 g/mol. The summed E-state index contributed by atoms with van der Waals surface area (Å²) in [5.74, 6) is 1.88. The fourth-order valence-electron chi connectivity index (χ4n) is 7.67. The molecule has 0 amide bonds. The number of hydrogen-bond acceptors (Lipinski definition) is 4. The van der Waals surface area contributed by atoms with Gasteiger partial charge < -0.3 is 15.4 Å². The molecule has 0 aliphatic heterocycles. The number of fused-ring (bicyclic) bond motifs is 5. The normalized spacial score (nSPS) is 44.5. The average molecular weight is 386 g/mol. The SMILES string of the molecule is CC(=O)O[C@H]1CC[C@@]2(C)C(=CC[C@H]3[C@H]2CC[C@]2(C)[C@@H](C(=O)CN=[N-])CC[C@@H]32)C1. The Kier molecular flexibility index (Phi) is 4.99. The van der Waals surface area contributed by atoms with E-state index >= 15 is 0 Å². The minimum Gasteiger partial charge on any atom is -0.712 e. The largest absolute Gasteiger partial charge is 0.712 e. The molecule has 154 valence electrons. The third-order valence-corrected chi connectivity index (χ3v) is 9.01. The molecule has 7 atom stereocenters. The van der Waals surface area contributed by atoms with E-state index in [-0.39, 0.29) is 41.1 Å². The molecular formula is C23H33N2O3-. The predicted molar refractivity (Wildman–Crippen MR) is 106 cm³/mol. The van der Waals surface area contributed by atoms with Crippen molar-refractivity contribution < 1.29 is 14.3 Å². The van der Waals surface area contributed by atoms with E-state index in [2.05, 4.69) is 25.0 Å². The van der Waals surface area contributed by atoms with Crippen LogP contribution in [0.3, 0.4) is 0 Å². The number of allylic oxidation sites excluding steroid dienone is 1. The van der Waals surface area contributed by atoms with Crippen LogP contribution in [0, 0.1) is 34.5 Å². The second-order valence-corrected chi connectivity index (χ2v) is 10.2. The first kappa shape index (κ1) is 19.8. The number of carbonyl (C=O) groups is 2. The highest BCUT2D eigenvalue weighted by atomic mass is 16.5. The van der Waals surface area contributed by atoms with Crippen molar-refractivity contribution in [3.05, 3.63) is 17.2 Å². The molecule has 0 aromatic rings. The lowest BCUT2D eigenvalue weighted by Gasteiger charge is -2.58. The van der Waals surface area contributed by atoms with Gasteiger partial charge in [0.1, 0.15) is 6.10 Å². The van der Waals surface area contributed by atoms with Crippen molar-refractivity contribution in [1.82, 2.24) is 0 Å². The Morgan fingerprint density at radius 2 is 1.96 bits per heavy atom. The Bertz CT molecular complexity index is 717. The van der Waals surface area contributed by atoms with Gasteiger partial charge >= 0.3 is 5.97 Å². The Morgan fingerprint density at radius 3 is 2.68 bits per heavy atom. The summed E-state index contributed by atoms with van der Waals surface area (Å²) >= 11 is 0. The summed E-state index contributed by atoms with van der Waals surface area (Å²) in [6, 6.07) is 0. The summed E-state index contributed by atoms with van der Waals surface area (Å²) < 4.78 is 5.52. The molecule has 3 fully saturated rings. The third kappa shape index (κ3) is 2.96. The minimum absolute atomic E-state index is 0.0398. The zero-order valence-electron chi connectivity index (χ0n) is 17.4. The molecule has 0 N–H and O–H groups in total. The van der Waals surface area contributed by atoms with Gasteiger partial charge in [-0.1, -0.05) is 25.5 Å². The van der Waals surface area contributed by atoms with Crippen LogP contribution in [0.25, 0.3) is 5.53 Å². The number of nitrogens with zero attached hydrogens (tertiary/aromatic N) is 2. The van der Waals surface area contributed by atoms with Crippen molar-refractivity contribution in [3.8, 4) is 0 Å². The number of Topliss-reactive ketones (excluding diaryl/α,β-unsaturated/α-hetero) is 1. The van der Waals surface area contributed by atoms with Crippen LogP contribution in [0.4, 0.5) is 0 Å². The highest BCUT2D eigenvalue weighted by molar-refractivity contribution is 5.84. The molecule has 4 rings (SSSR count). The third-order valence-electron chi connectivity index (χ3n) is 9.01. The Morgan fingerprint density at radius 1 is 1.18 bits per heavy atom. The summed E-state index contributed by atoms with van der Waals surface area (Å²) in [5, 5.41) is 3.13. The van der Waals surface area contributed by atoms with Crippen molar-refractivity contribution >= 4 is 11.8 Å². The molecule has 4 aliphatic carbocycles. The van der Waals surface area contributed by atoms with Crippen LogP contribution in [0.2, 0.25) is 0 Å². The van der Waals surface area contributed by atoms with Gasteiger partial charge in [0.2, 0.25) is 0 Å². The van der Waals surface area contributed by atoms with E-state index in [4.69, 9.17) is 10.3 Å². The van der Waals surface area contributed by atoms with Gasteiger partial charge in [-0.2, -0.15) is 0 Å². The summed E-state index contributed by atoms with van der Waals surface area (Å²) in [5.41, 5.74) is 10.6. The molecule has 0 saturated heterocycles. The first-order chi connectivity index (χ1) is 13.3. The van der Waals surface area contributed by atoms with E-state index in [1.54, 1.807) is 0 Å². The van der Waals surface area contributed by atoms with E-state index in [0.717, 1.165) is 44.9 Å². The number of esters is 1. The molecule has 0 heterocycles. The molecule has 0 aromatic heterocycles. The van der Waals surface area contributed by atoms with Gasteiger partial charge in [-0.05, 0) is 73.5 Å². The monoisotopic (exact) mass is 385 g/mol. The van der Waals surface area contributed by atoms with E-state index in [1.807, 2.05) is 0 Å². The summed E-state index contributed by atoms with van der Waals surface area (Å²) in [7, 11) is 0. The lowest BCUT2D eigenvalue weighted by atomic mass is 9.47. The maximum absolute atomic E-state index is 12.6. The van der Waals surface area contributed by atoms with Crippen LogP contribution in [0.15, 0.2) is 16.8 Å². The van der Waals surface area contributed by atoms with Crippen molar-refractivity contribution in [1.29, 1.82) is 0 Å². The van der Waals surface area contributed by atoms with E-state index < -0.39 is 0 Å². The topological polar surface area (TPSA) is 78.0 Å². The quantitative estimate of drug-likeness (QED) is 0.384. The first-order valence-electron chi connectivity index (χ1n) is 11.0. The van der Waals surface area contributed by atoms with Crippen LogP contribution >= 0.6 is 0 Å². The molecule has 3 saturated carbocycles. The Balaban J connectivity index is 1.56. The van der Waals surface area contributed by atoms with E-state index in [0.29, 0.717) is 17.8 Å². The highest BCUT2D eigenvalue weighted by Crippen LogP contribution is 2.66. The van der Waals surface area contributed by atoms with E-state index in [9.17, 15) is 9.59 Å². The van der Waals surface area contributed by atoms with E-state index in [1.165, 1.54) is 18.9 Å². The molecule has 0 aromatic carbocycles. The van der Waals surface area contributed by atoms with Crippen molar-refractivity contribution in [3.63, 3.8) is 0 Å². The zero-order chi connectivity index (χ0) is 20.1. The van der Waals surface area contributed by atoms with Gasteiger partial charge in [0.05, 0.1) is 6.54 Å².